The molecular formula is C12H29GaN3+. The molecule has 0 radical (unpaired) electrons. The van der Waals surface area contributed by atoms with Crippen molar-refractivity contribution in [2.45, 2.75) is 25.2 Å². The van der Waals surface area contributed by atoms with Crippen LogP contribution in [0.2, 0.25) is 4.98 Å². The molecule has 1 aliphatic rings. The summed E-state index contributed by atoms with van der Waals surface area (Å²) in [5.74, 6) is 0. The van der Waals surface area contributed by atoms with E-state index in [-0.39, 0.29) is 0 Å². The predicted octanol–water partition coefficient (Wildman–Crippen LogP) is 0.929. The van der Waals surface area contributed by atoms with E-state index >= 15 is 0 Å². The molecule has 3 nitrogen and oxygen atoms in total. The van der Waals surface area contributed by atoms with E-state index in [2.05, 4.69) is 36.9 Å². The maximum atomic E-state index is 3.87. The summed E-state index contributed by atoms with van der Waals surface area (Å²) < 4.78 is 5.27. The fourth-order valence-corrected chi connectivity index (χ4v) is 9.83. The van der Waals surface area contributed by atoms with Crippen LogP contribution < -0.4 is 4.02 Å². The minimum absolute atomic E-state index is 1.14. The minimum atomic E-state index is -1.14. The van der Waals surface area contributed by atoms with Crippen molar-refractivity contribution in [1.82, 2.24) is 8.92 Å². The van der Waals surface area contributed by atoms with Gasteiger partial charge in [0.25, 0.3) is 0 Å². The van der Waals surface area contributed by atoms with Gasteiger partial charge < -0.3 is 0 Å². The van der Waals surface area contributed by atoms with Crippen LogP contribution in [0.25, 0.3) is 0 Å². The van der Waals surface area contributed by atoms with Crippen molar-refractivity contribution in [1.29, 1.82) is 0 Å². The van der Waals surface area contributed by atoms with E-state index in [4.69, 9.17) is 0 Å². The Morgan fingerprint density at radius 2 is 1.94 bits per heavy atom. The summed E-state index contributed by atoms with van der Waals surface area (Å²) in [6, 6.07) is 0. The van der Waals surface area contributed by atoms with Gasteiger partial charge in [-0.1, -0.05) is 0 Å². The van der Waals surface area contributed by atoms with Crippen LogP contribution in [-0.4, -0.2) is 77.8 Å². The molecule has 1 aliphatic heterocycles. The van der Waals surface area contributed by atoms with Gasteiger partial charge in [0, 0.05) is 0 Å². The average molecular weight is 285 g/mol. The Labute approximate surface area is 107 Å². The Morgan fingerprint density at radius 1 is 1.25 bits per heavy atom. The van der Waals surface area contributed by atoms with Gasteiger partial charge in [-0.05, 0) is 0 Å². The van der Waals surface area contributed by atoms with Crippen LogP contribution in [-0.2, 0) is 0 Å². The molecule has 0 aromatic heterocycles. The molecule has 1 heterocycles. The Morgan fingerprint density at radius 3 is 2.50 bits per heavy atom. The van der Waals surface area contributed by atoms with E-state index in [9.17, 15) is 0 Å². The third kappa shape index (κ3) is 4.41. The number of rotatable bonds is 6. The standard InChI is InChI=1S/C7H17N2.C5H12N.Ga/c1-4-9(3,5-2)7-6-8;1-4-5-6(2)3;/h8H,3-7H2,1-2H3;1,4-5H2,2-3H3;/q;;+1. The van der Waals surface area contributed by atoms with Crippen LogP contribution in [0.4, 0.5) is 0 Å². The predicted molar refractivity (Wildman–Crippen MR) is 72.8 cm³/mol. The molecule has 0 saturated carbocycles. The van der Waals surface area contributed by atoms with E-state index < -0.39 is 16.5 Å². The van der Waals surface area contributed by atoms with Crippen molar-refractivity contribution in [2.75, 3.05) is 51.9 Å². The molecule has 4 heteroatoms. The maximum absolute atomic E-state index is 3.87. The topological polar surface area (TPSA) is 15.3 Å². The van der Waals surface area contributed by atoms with Crippen molar-refractivity contribution in [3.05, 3.63) is 0 Å². The molecule has 0 bridgehead atoms. The summed E-state index contributed by atoms with van der Waals surface area (Å²) in [5, 5.41) is 1.52. The molecule has 1 N–H and O–H groups in total. The number of nitrogens with zero attached hydrogens (tertiary/aromatic N) is 2. The average Bonchev–Trinajstić information content (AvgIpc) is 2.29. The first-order valence-electron chi connectivity index (χ1n) is 6.85. The van der Waals surface area contributed by atoms with Crippen molar-refractivity contribution >= 4 is 16.5 Å². The third-order valence-electron chi connectivity index (χ3n) is 4.13. The second kappa shape index (κ2) is 7.06. The number of hydrogen-bond donors (Lipinski definition) is 1. The second-order valence-corrected chi connectivity index (χ2v) is 11.2. The second-order valence-electron chi connectivity index (χ2n) is 5.48. The van der Waals surface area contributed by atoms with Crippen LogP contribution in [0.3, 0.4) is 0 Å². The SMILES string of the molecule is CC[N+]1(CC)CC[NH][Ga]([CH2]CCN(C)C)[CH2]1. The Bertz CT molecular complexity index is 193. The van der Waals surface area contributed by atoms with Crippen LogP contribution in [0.15, 0.2) is 0 Å². The summed E-state index contributed by atoms with van der Waals surface area (Å²) in [5.41, 5.74) is 0. The first kappa shape index (κ1) is 14.6. The van der Waals surface area contributed by atoms with E-state index in [1.165, 1.54) is 53.7 Å². The molecule has 0 amide bonds. The molecule has 1 fully saturated rings. The molecule has 1 rings (SSSR count). The molecule has 0 aromatic rings. The summed E-state index contributed by atoms with van der Waals surface area (Å²) in [6.07, 6.45) is 1.40. The zero-order chi connectivity index (χ0) is 12.0. The Hall–Kier alpha value is 0.516. The van der Waals surface area contributed by atoms with Gasteiger partial charge >= 0.3 is 107 Å². The normalized spacial score (nSPS) is 20.4. The van der Waals surface area contributed by atoms with Gasteiger partial charge in [0.15, 0.2) is 0 Å². The molecule has 0 aliphatic carbocycles. The monoisotopic (exact) mass is 284 g/mol. The first-order chi connectivity index (χ1) is 7.62. The fourth-order valence-electron chi connectivity index (χ4n) is 2.77. The van der Waals surface area contributed by atoms with Crippen LogP contribution in [0.1, 0.15) is 20.3 Å². The fraction of sp³-hybridized carbons (Fsp3) is 1.00. The van der Waals surface area contributed by atoms with Gasteiger partial charge in [-0.15, -0.1) is 0 Å². The zero-order valence-electron chi connectivity index (χ0n) is 11.6. The van der Waals surface area contributed by atoms with Gasteiger partial charge in [-0.3, -0.25) is 0 Å². The van der Waals surface area contributed by atoms with Crippen molar-refractivity contribution < 1.29 is 4.48 Å². The van der Waals surface area contributed by atoms with Gasteiger partial charge in [0.2, 0.25) is 0 Å². The molecule has 0 atom stereocenters. The van der Waals surface area contributed by atoms with Crippen LogP contribution in [0, 0.1) is 0 Å². The van der Waals surface area contributed by atoms with Gasteiger partial charge in [-0.25, -0.2) is 0 Å². The molecule has 94 valence electrons. The number of quaternary nitrogens is 1. The number of likely N-dealkylation sites (N-methyl/N-ethyl adjacent to an activating group) is 1. The quantitative estimate of drug-likeness (QED) is 0.577. The van der Waals surface area contributed by atoms with E-state index in [1.54, 1.807) is 0 Å². The molecule has 0 aromatic carbocycles. The zero-order valence-corrected chi connectivity index (χ0v) is 14.1. The summed E-state index contributed by atoms with van der Waals surface area (Å²) in [7, 11) is 4.36. The van der Waals surface area contributed by atoms with E-state index in [0.717, 1.165) is 0 Å². The van der Waals surface area contributed by atoms with Gasteiger partial charge in [0.05, 0.1) is 0 Å². The van der Waals surface area contributed by atoms with Crippen LogP contribution >= 0.6 is 0 Å². The molecule has 0 spiro atoms. The first-order valence-corrected chi connectivity index (χ1v) is 11.5. The Balaban J connectivity index is 2.32. The molecular weight excluding hydrogens is 256 g/mol. The summed E-state index contributed by atoms with van der Waals surface area (Å²) >= 11 is -1.14. The van der Waals surface area contributed by atoms with E-state index in [0.29, 0.717) is 0 Å². The van der Waals surface area contributed by atoms with Crippen LogP contribution in [0.5, 0.6) is 0 Å². The third-order valence-corrected chi connectivity index (χ3v) is 10.8. The van der Waals surface area contributed by atoms with Gasteiger partial charge in [0.1, 0.15) is 0 Å². The number of nitrogens with one attached hydrogen (secondary N) is 1. The van der Waals surface area contributed by atoms with Gasteiger partial charge in [-0.2, -0.15) is 0 Å². The Kier molecular flexibility index (Phi) is 6.43. The van der Waals surface area contributed by atoms with Crippen molar-refractivity contribution in [3.8, 4) is 0 Å². The summed E-state index contributed by atoms with van der Waals surface area (Å²) in [4.78, 5) is 3.83. The summed E-state index contributed by atoms with van der Waals surface area (Å²) in [6.45, 7) is 11.3. The molecule has 16 heavy (non-hydrogen) atoms. The van der Waals surface area contributed by atoms with Crippen molar-refractivity contribution in [2.24, 2.45) is 0 Å². The van der Waals surface area contributed by atoms with E-state index in [1.807, 2.05) is 0 Å². The molecule has 1 saturated heterocycles. The molecule has 0 unspecified atom stereocenters. The number of hydrogen-bond acceptors (Lipinski definition) is 2. The van der Waals surface area contributed by atoms with Crippen molar-refractivity contribution in [3.63, 3.8) is 0 Å².